The van der Waals surface area contributed by atoms with Crippen LogP contribution >= 0.6 is 11.8 Å². The Hall–Kier alpha value is -1.75. The van der Waals surface area contributed by atoms with E-state index in [1.165, 1.54) is 17.3 Å². The van der Waals surface area contributed by atoms with Gasteiger partial charge in [-0.1, -0.05) is 11.8 Å². The molecule has 0 saturated carbocycles. The number of carbonyl (C=O) groups excluding carboxylic acids is 1. The first kappa shape index (κ1) is 11.3. The van der Waals surface area contributed by atoms with Gasteiger partial charge in [-0.05, 0) is 37.1 Å². The van der Waals surface area contributed by atoms with E-state index in [4.69, 9.17) is 0 Å². The maximum absolute atomic E-state index is 11.4. The van der Waals surface area contributed by atoms with Crippen LogP contribution in [0.2, 0.25) is 0 Å². The predicted molar refractivity (Wildman–Crippen MR) is 73.4 cm³/mol. The molecule has 4 nitrogen and oxygen atoms in total. The van der Waals surface area contributed by atoms with Crippen LogP contribution in [0, 0.1) is 13.8 Å². The smallest absolute Gasteiger partial charge is 0.283 e. The number of imidazole rings is 1. The van der Waals surface area contributed by atoms with Crippen molar-refractivity contribution in [1.29, 1.82) is 0 Å². The summed E-state index contributed by atoms with van der Waals surface area (Å²) in [5.41, 5.74) is 5.29. The van der Waals surface area contributed by atoms with Gasteiger partial charge in [0.15, 0.2) is 0 Å². The minimum absolute atomic E-state index is 0.0248. The number of anilines is 1. The van der Waals surface area contributed by atoms with Crippen LogP contribution in [0.25, 0.3) is 5.69 Å². The second-order valence-corrected chi connectivity index (χ2v) is 5.37. The van der Waals surface area contributed by atoms with E-state index < -0.39 is 0 Å². The first-order valence-electron chi connectivity index (χ1n) is 5.72. The summed E-state index contributed by atoms with van der Waals surface area (Å²) in [5.74, 6) is 0.726. The van der Waals surface area contributed by atoms with E-state index in [-0.39, 0.29) is 5.24 Å². The molecule has 1 amide bonds. The van der Waals surface area contributed by atoms with Gasteiger partial charge >= 0.3 is 0 Å². The van der Waals surface area contributed by atoms with E-state index in [0.717, 1.165) is 28.4 Å². The zero-order valence-electron chi connectivity index (χ0n) is 10.2. The molecular formula is C13H13N3OS. The molecule has 1 aliphatic rings. The first-order valence-corrected chi connectivity index (χ1v) is 6.70. The topological polar surface area (TPSA) is 46.9 Å². The number of nitrogens with zero attached hydrogens (tertiary/aromatic N) is 2. The third-order valence-corrected chi connectivity index (χ3v) is 3.82. The largest absolute Gasteiger partial charge is 0.316 e. The Kier molecular flexibility index (Phi) is 2.63. The minimum atomic E-state index is 0.0248. The van der Waals surface area contributed by atoms with Gasteiger partial charge in [-0.3, -0.25) is 4.79 Å². The number of thioether (sulfide) groups is 1. The molecule has 1 aromatic carbocycles. The SMILES string of the molecule is Cc1cn(-c2cc(C)c3c(c2)CSC(=O)N3)cn1. The van der Waals surface area contributed by atoms with Gasteiger partial charge in [-0.25, -0.2) is 4.98 Å². The quantitative estimate of drug-likeness (QED) is 0.855. The summed E-state index contributed by atoms with van der Waals surface area (Å²) in [6, 6.07) is 4.17. The van der Waals surface area contributed by atoms with Crippen molar-refractivity contribution in [2.24, 2.45) is 0 Å². The van der Waals surface area contributed by atoms with Crippen LogP contribution in [0.1, 0.15) is 16.8 Å². The Morgan fingerprint density at radius 3 is 2.94 bits per heavy atom. The average Bonchev–Trinajstić information content (AvgIpc) is 2.77. The lowest BCUT2D eigenvalue weighted by Crippen LogP contribution is -2.14. The third kappa shape index (κ3) is 1.90. The van der Waals surface area contributed by atoms with E-state index in [9.17, 15) is 4.79 Å². The molecule has 3 rings (SSSR count). The highest BCUT2D eigenvalue weighted by atomic mass is 32.2. The van der Waals surface area contributed by atoms with Crippen LogP contribution in [0.5, 0.6) is 0 Å². The summed E-state index contributed by atoms with van der Waals surface area (Å²) in [7, 11) is 0. The number of amides is 1. The summed E-state index contributed by atoms with van der Waals surface area (Å²) >= 11 is 1.30. The van der Waals surface area contributed by atoms with E-state index in [1.807, 2.05) is 30.9 Å². The Labute approximate surface area is 109 Å². The van der Waals surface area contributed by atoms with Gasteiger partial charge in [0.05, 0.1) is 12.0 Å². The molecule has 92 valence electrons. The van der Waals surface area contributed by atoms with E-state index in [1.54, 1.807) is 0 Å². The van der Waals surface area contributed by atoms with Gasteiger partial charge in [0.1, 0.15) is 0 Å². The Morgan fingerprint density at radius 2 is 2.22 bits per heavy atom. The zero-order chi connectivity index (χ0) is 12.7. The fourth-order valence-electron chi connectivity index (χ4n) is 2.13. The van der Waals surface area contributed by atoms with Gasteiger partial charge in [0.2, 0.25) is 0 Å². The van der Waals surface area contributed by atoms with Crippen molar-refractivity contribution in [2.45, 2.75) is 19.6 Å². The van der Waals surface area contributed by atoms with Crippen molar-refractivity contribution in [3.05, 3.63) is 41.5 Å². The van der Waals surface area contributed by atoms with Crippen LogP contribution in [0.15, 0.2) is 24.7 Å². The van der Waals surface area contributed by atoms with Gasteiger partial charge in [-0.15, -0.1) is 0 Å². The molecular weight excluding hydrogens is 246 g/mol. The van der Waals surface area contributed by atoms with Crippen LogP contribution in [-0.2, 0) is 5.75 Å². The van der Waals surface area contributed by atoms with E-state index >= 15 is 0 Å². The number of aryl methyl sites for hydroxylation is 2. The van der Waals surface area contributed by atoms with Crippen LogP contribution in [0.3, 0.4) is 0 Å². The number of nitrogens with one attached hydrogen (secondary N) is 1. The van der Waals surface area contributed by atoms with Crippen LogP contribution in [0.4, 0.5) is 10.5 Å². The number of aromatic nitrogens is 2. The molecule has 18 heavy (non-hydrogen) atoms. The second-order valence-electron chi connectivity index (χ2n) is 4.42. The molecule has 1 aromatic heterocycles. The van der Waals surface area contributed by atoms with Crippen molar-refractivity contribution in [3.8, 4) is 5.69 Å². The normalized spacial score (nSPS) is 14.2. The molecule has 0 fully saturated rings. The number of hydrogen-bond acceptors (Lipinski definition) is 3. The van der Waals surface area contributed by atoms with Crippen molar-refractivity contribution in [1.82, 2.24) is 9.55 Å². The Morgan fingerprint density at radius 1 is 1.39 bits per heavy atom. The van der Waals surface area contributed by atoms with Crippen molar-refractivity contribution < 1.29 is 4.79 Å². The highest BCUT2D eigenvalue weighted by Crippen LogP contribution is 2.33. The molecule has 2 heterocycles. The third-order valence-electron chi connectivity index (χ3n) is 3.00. The number of hydrogen-bond donors (Lipinski definition) is 1. The first-order chi connectivity index (χ1) is 8.63. The molecule has 0 atom stereocenters. The summed E-state index contributed by atoms with van der Waals surface area (Å²) in [4.78, 5) is 15.6. The molecule has 0 bridgehead atoms. The lowest BCUT2D eigenvalue weighted by molar-refractivity contribution is 0.269. The lowest BCUT2D eigenvalue weighted by atomic mass is 10.1. The summed E-state index contributed by atoms with van der Waals surface area (Å²) in [6.45, 7) is 3.99. The Bertz CT molecular complexity index is 633. The van der Waals surface area contributed by atoms with Crippen molar-refractivity contribution in [3.63, 3.8) is 0 Å². The number of carbonyl (C=O) groups is 1. The molecule has 2 aromatic rings. The molecule has 0 radical (unpaired) electrons. The molecule has 1 N–H and O–H groups in total. The maximum Gasteiger partial charge on any atom is 0.283 e. The highest BCUT2D eigenvalue weighted by molar-refractivity contribution is 8.13. The zero-order valence-corrected chi connectivity index (χ0v) is 11.0. The van der Waals surface area contributed by atoms with Gasteiger partial charge < -0.3 is 9.88 Å². The van der Waals surface area contributed by atoms with Crippen molar-refractivity contribution >= 4 is 22.7 Å². The molecule has 1 aliphatic heterocycles. The predicted octanol–water partition coefficient (Wildman–Crippen LogP) is 3.27. The number of benzene rings is 1. The summed E-state index contributed by atoms with van der Waals surface area (Å²) in [6.07, 6.45) is 3.81. The van der Waals surface area contributed by atoms with E-state index in [2.05, 4.69) is 22.4 Å². The monoisotopic (exact) mass is 259 g/mol. The fraction of sp³-hybridized carbons (Fsp3) is 0.231. The number of rotatable bonds is 1. The molecule has 5 heteroatoms. The van der Waals surface area contributed by atoms with Gasteiger partial charge in [-0.2, -0.15) is 0 Å². The standard InChI is InChI=1S/C13H13N3OS/c1-8-3-11(16-5-9(2)14-7-16)4-10-6-18-13(17)15-12(8)10/h3-5,7H,6H2,1-2H3,(H,15,17). The minimum Gasteiger partial charge on any atom is -0.316 e. The fourth-order valence-corrected chi connectivity index (χ4v) is 2.81. The molecule has 0 spiro atoms. The van der Waals surface area contributed by atoms with Crippen LogP contribution in [-0.4, -0.2) is 14.8 Å². The Balaban J connectivity index is 2.09. The number of fused-ring (bicyclic) bond motifs is 1. The summed E-state index contributed by atoms with van der Waals surface area (Å²) in [5, 5.41) is 2.94. The molecule has 0 unspecified atom stereocenters. The maximum atomic E-state index is 11.4. The lowest BCUT2D eigenvalue weighted by Gasteiger charge is -2.19. The second kappa shape index (κ2) is 4.17. The molecule has 0 aliphatic carbocycles. The van der Waals surface area contributed by atoms with Crippen LogP contribution < -0.4 is 5.32 Å². The van der Waals surface area contributed by atoms with Crippen molar-refractivity contribution in [2.75, 3.05) is 5.32 Å². The van der Waals surface area contributed by atoms with Gasteiger partial charge in [0, 0.05) is 23.3 Å². The average molecular weight is 259 g/mol. The highest BCUT2D eigenvalue weighted by Gasteiger charge is 2.18. The van der Waals surface area contributed by atoms with E-state index in [0.29, 0.717) is 0 Å². The molecule has 0 saturated heterocycles. The summed E-state index contributed by atoms with van der Waals surface area (Å²) < 4.78 is 2.00. The van der Waals surface area contributed by atoms with Gasteiger partial charge in [0.25, 0.3) is 5.24 Å².